The van der Waals surface area contributed by atoms with E-state index in [-0.39, 0.29) is 0 Å². The molecule has 1 aromatic rings. The summed E-state index contributed by atoms with van der Waals surface area (Å²) in [5.41, 5.74) is 2.69. The summed E-state index contributed by atoms with van der Waals surface area (Å²) in [5, 5.41) is 3.55. The van der Waals surface area contributed by atoms with Crippen molar-refractivity contribution in [2.75, 3.05) is 32.8 Å². The van der Waals surface area contributed by atoms with Crippen LogP contribution in [0.3, 0.4) is 0 Å². The summed E-state index contributed by atoms with van der Waals surface area (Å²) < 4.78 is 11.5. The first-order chi connectivity index (χ1) is 10.4. The van der Waals surface area contributed by atoms with Gasteiger partial charge in [-0.1, -0.05) is 12.1 Å². The van der Waals surface area contributed by atoms with Crippen molar-refractivity contribution >= 4 is 0 Å². The Morgan fingerprint density at radius 2 is 2.33 bits per heavy atom. The van der Waals surface area contributed by atoms with Crippen molar-refractivity contribution in [3.63, 3.8) is 0 Å². The van der Waals surface area contributed by atoms with Crippen molar-refractivity contribution in [3.8, 4) is 5.75 Å². The normalized spacial score (nSPS) is 28.2. The number of hydrogen-bond acceptors (Lipinski definition) is 4. The third kappa shape index (κ3) is 2.93. The summed E-state index contributed by atoms with van der Waals surface area (Å²) in [4.78, 5) is 2.60. The minimum absolute atomic E-state index is 0.345. The van der Waals surface area contributed by atoms with Gasteiger partial charge in [0.05, 0.1) is 19.3 Å². The molecule has 1 aromatic carbocycles. The van der Waals surface area contributed by atoms with Gasteiger partial charge in [0.2, 0.25) is 0 Å². The standard InChI is InChI=1S/C17H24N2O2/c1-2-15-12-21-16(11-19(15)6-1)10-18-9-13-3-4-17-14(8-13)5-7-20-17/h3-4,8,15-16,18H,1-2,5-7,9-12H2. The van der Waals surface area contributed by atoms with Gasteiger partial charge in [-0.25, -0.2) is 0 Å². The molecule has 2 atom stereocenters. The number of nitrogens with one attached hydrogen (secondary N) is 1. The maximum Gasteiger partial charge on any atom is 0.122 e. The van der Waals surface area contributed by atoms with E-state index in [0.717, 1.165) is 45.0 Å². The Balaban J connectivity index is 1.26. The van der Waals surface area contributed by atoms with Gasteiger partial charge in [0, 0.05) is 32.1 Å². The van der Waals surface area contributed by atoms with Crippen LogP contribution in [0.4, 0.5) is 0 Å². The minimum atomic E-state index is 0.345. The Morgan fingerprint density at radius 3 is 3.33 bits per heavy atom. The highest BCUT2D eigenvalue weighted by molar-refractivity contribution is 5.39. The summed E-state index contributed by atoms with van der Waals surface area (Å²) >= 11 is 0. The predicted molar refractivity (Wildman–Crippen MR) is 81.7 cm³/mol. The van der Waals surface area contributed by atoms with Crippen LogP contribution < -0.4 is 10.1 Å². The molecule has 2 fully saturated rings. The van der Waals surface area contributed by atoms with Gasteiger partial charge >= 0.3 is 0 Å². The molecule has 21 heavy (non-hydrogen) atoms. The van der Waals surface area contributed by atoms with Gasteiger partial charge in [-0.2, -0.15) is 0 Å². The molecule has 0 spiro atoms. The zero-order valence-electron chi connectivity index (χ0n) is 12.5. The van der Waals surface area contributed by atoms with Crippen LogP contribution in [0.5, 0.6) is 5.75 Å². The molecule has 4 heteroatoms. The predicted octanol–water partition coefficient (Wildman–Crippen LogP) is 1.57. The molecule has 0 saturated carbocycles. The van der Waals surface area contributed by atoms with Gasteiger partial charge in [0.15, 0.2) is 0 Å². The summed E-state index contributed by atoms with van der Waals surface area (Å²) in [6.45, 7) is 5.96. The molecule has 2 saturated heterocycles. The molecule has 0 aliphatic carbocycles. The van der Waals surface area contributed by atoms with Gasteiger partial charge in [-0.05, 0) is 36.6 Å². The van der Waals surface area contributed by atoms with Crippen molar-refractivity contribution in [2.45, 2.75) is 38.0 Å². The number of fused-ring (bicyclic) bond motifs is 2. The third-order valence-electron chi connectivity index (χ3n) is 4.92. The Morgan fingerprint density at radius 1 is 1.33 bits per heavy atom. The molecule has 3 heterocycles. The van der Waals surface area contributed by atoms with Gasteiger partial charge < -0.3 is 14.8 Å². The highest BCUT2D eigenvalue weighted by atomic mass is 16.5. The lowest BCUT2D eigenvalue weighted by atomic mass is 10.1. The zero-order chi connectivity index (χ0) is 14.1. The average molecular weight is 288 g/mol. The SMILES string of the molecule is c1cc2c(cc1CNCC1CN3CCCC3CO1)CCO2. The van der Waals surface area contributed by atoms with Gasteiger partial charge in [0.25, 0.3) is 0 Å². The molecule has 0 radical (unpaired) electrons. The minimum Gasteiger partial charge on any atom is -0.493 e. The largest absolute Gasteiger partial charge is 0.493 e. The third-order valence-corrected chi connectivity index (χ3v) is 4.92. The summed E-state index contributed by atoms with van der Waals surface area (Å²) in [5.74, 6) is 1.06. The van der Waals surface area contributed by atoms with E-state index in [2.05, 4.69) is 28.4 Å². The molecule has 4 rings (SSSR count). The molecule has 0 bridgehead atoms. The molecule has 0 aromatic heterocycles. The maximum absolute atomic E-state index is 5.98. The second kappa shape index (κ2) is 5.95. The van der Waals surface area contributed by atoms with Crippen LogP contribution in [0, 0.1) is 0 Å². The second-order valence-corrected chi connectivity index (χ2v) is 6.42. The molecular weight excluding hydrogens is 264 g/mol. The Bertz CT molecular complexity index is 506. The number of ether oxygens (including phenoxy) is 2. The highest BCUT2D eigenvalue weighted by Gasteiger charge is 2.31. The van der Waals surface area contributed by atoms with E-state index < -0.39 is 0 Å². The van der Waals surface area contributed by atoms with Crippen molar-refractivity contribution in [1.29, 1.82) is 0 Å². The van der Waals surface area contributed by atoms with E-state index in [1.165, 1.54) is 30.5 Å². The summed E-state index contributed by atoms with van der Waals surface area (Å²) in [6.07, 6.45) is 4.05. The van der Waals surface area contributed by atoms with Crippen molar-refractivity contribution in [1.82, 2.24) is 10.2 Å². The first kappa shape index (κ1) is 13.6. The Kier molecular flexibility index (Phi) is 3.84. The van der Waals surface area contributed by atoms with Crippen LogP contribution in [0.2, 0.25) is 0 Å². The van der Waals surface area contributed by atoms with Crippen LogP contribution in [0.25, 0.3) is 0 Å². The fourth-order valence-electron chi connectivity index (χ4n) is 3.74. The fourth-order valence-corrected chi connectivity index (χ4v) is 3.74. The van der Waals surface area contributed by atoms with Crippen LogP contribution >= 0.6 is 0 Å². The molecule has 1 N–H and O–H groups in total. The van der Waals surface area contributed by atoms with Crippen LogP contribution in [0.15, 0.2) is 18.2 Å². The van der Waals surface area contributed by atoms with E-state index in [9.17, 15) is 0 Å². The Labute approximate surface area is 126 Å². The second-order valence-electron chi connectivity index (χ2n) is 6.42. The lowest BCUT2D eigenvalue weighted by Crippen LogP contribution is -2.49. The Hall–Kier alpha value is -1.10. The van der Waals surface area contributed by atoms with Gasteiger partial charge in [0.1, 0.15) is 5.75 Å². The van der Waals surface area contributed by atoms with E-state index in [1.807, 2.05) is 0 Å². The molecule has 2 unspecified atom stereocenters. The monoisotopic (exact) mass is 288 g/mol. The molecule has 4 nitrogen and oxygen atoms in total. The first-order valence-electron chi connectivity index (χ1n) is 8.19. The van der Waals surface area contributed by atoms with Crippen LogP contribution in [-0.4, -0.2) is 49.9 Å². The highest BCUT2D eigenvalue weighted by Crippen LogP contribution is 2.26. The summed E-state index contributed by atoms with van der Waals surface area (Å²) in [7, 11) is 0. The first-order valence-corrected chi connectivity index (χ1v) is 8.19. The number of benzene rings is 1. The lowest BCUT2D eigenvalue weighted by molar-refractivity contribution is -0.0470. The van der Waals surface area contributed by atoms with Crippen molar-refractivity contribution < 1.29 is 9.47 Å². The number of nitrogens with zero attached hydrogens (tertiary/aromatic N) is 1. The van der Waals surface area contributed by atoms with Gasteiger partial charge in [-0.3, -0.25) is 4.90 Å². The van der Waals surface area contributed by atoms with E-state index >= 15 is 0 Å². The lowest BCUT2D eigenvalue weighted by Gasteiger charge is -2.35. The number of morpholine rings is 1. The topological polar surface area (TPSA) is 33.7 Å². The maximum atomic E-state index is 5.98. The van der Waals surface area contributed by atoms with E-state index in [0.29, 0.717) is 12.1 Å². The van der Waals surface area contributed by atoms with E-state index in [1.54, 1.807) is 0 Å². The molecule has 3 aliphatic heterocycles. The van der Waals surface area contributed by atoms with E-state index in [4.69, 9.17) is 9.47 Å². The van der Waals surface area contributed by atoms with Gasteiger partial charge in [-0.15, -0.1) is 0 Å². The molecule has 3 aliphatic rings. The zero-order valence-corrected chi connectivity index (χ0v) is 12.5. The van der Waals surface area contributed by atoms with Crippen molar-refractivity contribution in [3.05, 3.63) is 29.3 Å². The van der Waals surface area contributed by atoms with Crippen LogP contribution in [-0.2, 0) is 17.7 Å². The fraction of sp³-hybridized carbons (Fsp3) is 0.647. The average Bonchev–Trinajstić information content (AvgIpc) is 3.14. The number of hydrogen-bond donors (Lipinski definition) is 1. The molecular formula is C17H24N2O2. The summed E-state index contributed by atoms with van der Waals surface area (Å²) in [6, 6.07) is 7.23. The number of rotatable bonds is 4. The smallest absolute Gasteiger partial charge is 0.122 e. The molecule has 0 amide bonds. The quantitative estimate of drug-likeness (QED) is 0.912. The van der Waals surface area contributed by atoms with Crippen molar-refractivity contribution in [2.24, 2.45) is 0 Å². The molecule has 114 valence electrons. The van der Waals surface area contributed by atoms with Crippen LogP contribution in [0.1, 0.15) is 24.0 Å².